The second kappa shape index (κ2) is 9.49. The highest BCUT2D eigenvalue weighted by Gasteiger charge is 2.23. The van der Waals surface area contributed by atoms with Crippen molar-refractivity contribution in [2.75, 3.05) is 31.9 Å². The summed E-state index contributed by atoms with van der Waals surface area (Å²) in [7, 11) is 0. The molecule has 0 amide bonds. The van der Waals surface area contributed by atoms with Gasteiger partial charge < -0.3 is 11.1 Å². The Morgan fingerprint density at radius 1 is 1.25 bits per heavy atom. The van der Waals surface area contributed by atoms with E-state index in [1.165, 1.54) is 5.56 Å². The van der Waals surface area contributed by atoms with Crippen molar-refractivity contribution in [1.29, 1.82) is 0 Å². The molecule has 116 valence electrons. The molecule has 7 heteroatoms. The highest BCUT2D eigenvalue weighted by atomic mass is 79.9. The fourth-order valence-electron chi connectivity index (χ4n) is 2.55. The lowest BCUT2D eigenvalue weighted by Gasteiger charge is -2.35. The summed E-state index contributed by atoms with van der Waals surface area (Å²) in [6.45, 7) is 6.52. The molecule has 3 N–H and O–H groups in total. The smallest absolute Gasteiger partial charge is 0.0507 e. The molecule has 0 saturated carbocycles. The Bertz CT molecular complexity index is 426. The van der Waals surface area contributed by atoms with Crippen LogP contribution in [-0.2, 0) is 0 Å². The molecule has 0 aliphatic carbocycles. The minimum Gasteiger partial charge on any atom is -0.398 e. The van der Waals surface area contributed by atoms with E-state index in [2.05, 4.69) is 55.1 Å². The Morgan fingerprint density at radius 2 is 1.85 bits per heavy atom. The minimum absolute atomic E-state index is 0. The minimum atomic E-state index is 0. The van der Waals surface area contributed by atoms with Crippen molar-refractivity contribution in [2.45, 2.75) is 19.4 Å². The third kappa shape index (κ3) is 4.75. The van der Waals surface area contributed by atoms with Gasteiger partial charge in [-0.25, -0.2) is 0 Å². The zero-order chi connectivity index (χ0) is 13.1. The van der Waals surface area contributed by atoms with Crippen LogP contribution in [0.5, 0.6) is 0 Å². The van der Waals surface area contributed by atoms with Gasteiger partial charge in [0.25, 0.3) is 0 Å². The Kier molecular flexibility index (Phi) is 9.72. The Hall–Kier alpha value is 0.480. The van der Waals surface area contributed by atoms with Crippen LogP contribution in [-0.4, -0.2) is 31.1 Å². The first kappa shape index (κ1) is 20.5. The van der Waals surface area contributed by atoms with Gasteiger partial charge in [-0.1, -0.05) is 22.9 Å². The quantitative estimate of drug-likeness (QED) is 0.685. The van der Waals surface area contributed by atoms with Gasteiger partial charge in [-0.2, -0.15) is 0 Å². The number of rotatable bonds is 3. The van der Waals surface area contributed by atoms with E-state index in [9.17, 15) is 0 Å². The van der Waals surface area contributed by atoms with Crippen LogP contribution < -0.4 is 11.1 Å². The molecule has 0 bridgehead atoms. The van der Waals surface area contributed by atoms with Crippen LogP contribution in [0, 0.1) is 0 Å². The molecular weight excluding hydrogens is 429 g/mol. The number of nitrogens with zero attached hydrogens (tertiary/aromatic N) is 1. The van der Waals surface area contributed by atoms with Crippen molar-refractivity contribution in [1.82, 2.24) is 10.2 Å². The van der Waals surface area contributed by atoms with Gasteiger partial charge in [-0.3, -0.25) is 4.90 Å². The lowest BCUT2D eigenvalue weighted by atomic mass is 10.00. The van der Waals surface area contributed by atoms with E-state index < -0.39 is 0 Å². The summed E-state index contributed by atoms with van der Waals surface area (Å²) in [5.74, 6) is 0. The predicted molar refractivity (Wildman–Crippen MR) is 98.2 cm³/mol. The monoisotopic (exact) mass is 447 g/mol. The Labute approximate surface area is 150 Å². The molecule has 1 aromatic carbocycles. The van der Waals surface area contributed by atoms with Crippen molar-refractivity contribution >= 4 is 62.4 Å². The number of nitrogens with one attached hydrogen (secondary N) is 1. The molecule has 0 unspecified atom stereocenters. The third-order valence-corrected chi connectivity index (χ3v) is 4.58. The van der Waals surface area contributed by atoms with Gasteiger partial charge in [0.15, 0.2) is 0 Å². The lowest BCUT2D eigenvalue weighted by molar-refractivity contribution is 0.170. The fraction of sp³-hybridized carbons (Fsp3) is 0.538. The van der Waals surface area contributed by atoms with Crippen LogP contribution >= 0.6 is 56.7 Å². The second-order valence-electron chi connectivity index (χ2n) is 4.60. The Morgan fingerprint density at radius 3 is 2.40 bits per heavy atom. The molecule has 1 fully saturated rings. The van der Waals surface area contributed by atoms with Crippen molar-refractivity contribution in [3.8, 4) is 0 Å². The summed E-state index contributed by atoms with van der Waals surface area (Å²) in [5, 5.41) is 3.39. The fourth-order valence-corrected chi connectivity index (χ4v) is 3.81. The zero-order valence-electron chi connectivity index (χ0n) is 11.4. The topological polar surface area (TPSA) is 41.3 Å². The van der Waals surface area contributed by atoms with E-state index in [0.717, 1.165) is 47.2 Å². The highest BCUT2D eigenvalue weighted by Crippen LogP contribution is 2.36. The van der Waals surface area contributed by atoms with Gasteiger partial charge in [0.05, 0.1) is 5.69 Å². The van der Waals surface area contributed by atoms with E-state index >= 15 is 0 Å². The molecule has 0 radical (unpaired) electrons. The number of anilines is 1. The number of halogens is 4. The van der Waals surface area contributed by atoms with Crippen LogP contribution in [0.25, 0.3) is 0 Å². The molecule has 1 heterocycles. The maximum atomic E-state index is 6.22. The van der Waals surface area contributed by atoms with Gasteiger partial charge >= 0.3 is 0 Å². The van der Waals surface area contributed by atoms with Crippen molar-refractivity contribution < 1.29 is 0 Å². The Balaban J connectivity index is 0.00000180. The van der Waals surface area contributed by atoms with Gasteiger partial charge in [-0.15, -0.1) is 24.8 Å². The van der Waals surface area contributed by atoms with Crippen molar-refractivity contribution in [2.24, 2.45) is 0 Å². The van der Waals surface area contributed by atoms with E-state index in [1.54, 1.807) is 0 Å². The van der Waals surface area contributed by atoms with Gasteiger partial charge in [0.2, 0.25) is 0 Å². The predicted octanol–water partition coefficient (Wildman–Crippen LogP) is 3.99. The molecule has 1 atom stereocenters. The first-order chi connectivity index (χ1) is 8.63. The van der Waals surface area contributed by atoms with Crippen molar-refractivity contribution in [3.05, 3.63) is 26.6 Å². The number of hydrogen-bond donors (Lipinski definition) is 2. The normalized spacial score (nSPS) is 16.9. The van der Waals surface area contributed by atoms with E-state index in [0.29, 0.717) is 6.04 Å². The average Bonchev–Trinajstić information content (AvgIpc) is 2.37. The SMILES string of the molecule is CC[C@@H](c1cc(Br)cc(Br)c1N)N1CCNCC1.Cl.Cl. The van der Waals surface area contributed by atoms with E-state index in [4.69, 9.17) is 5.73 Å². The summed E-state index contributed by atoms with van der Waals surface area (Å²) >= 11 is 7.08. The first-order valence-electron chi connectivity index (χ1n) is 6.32. The van der Waals surface area contributed by atoms with Crippen LogP contribution in [0.15, 0.2) is 21.1 Å². The van der Waals surface area contributed by atoms with Gasteiger partial charge in [-0.05, 0) is 40.0 Å². The molecule has 1 aliphatic rings. The number of piperazine rings is 1. The number of hydrogen-bond acceptors (Lipinski definition) is 3. The summed E-state index contributed by atoms with van der Waals surface area (Å²) in [6, 6.07) is 4.56. The standard InChI is InChI=1S/C13H19Br2N3.2ClH/c1-2-12(18-5-3-17-4-6-18)10-7-9(14)8-11(15)13(10)16;;/h7-8,12,17H,2-6,16H2,1H3;2*1H/t12-;;/m0../s1. The van der Waals surface area contributed by atoms with Crippen LogP contribution in [0.1, 0.15) is 24.9 Å². The molecule has 3 nitrogen and oxygen atoms in total. The molecule has 0 aromatic heterocycles. The third-order valence-electron chi connectivity index (χ3n) is 3.46. The van der Waals surface area contributed by atoms with Gasteiger partial charge in [0, 0.05) is 41.2 Å². The molecule has 1 aromatic rings. The number of benzene rings is 1. The molecular formula is C13H21Br2Cl2N3. The van der Waals surface area contributed by atoms with E-state index in [-0.39, 0.29) is 24.8 Å². The summed E-state index contributed by atoms with van der Waals surface area (Å²) in [6.07, 6.45) is 1.08. The summed E-state index contributed by atoms with van der Waals surface area (Å²) < 4.78 is 2.05. The number of nitrogens with two attached hydrogens (primary N) is 1. The van der Waals surface area contributed by atoms with Crippen molar-refractivity contribution in [3.63, 3.8) is 0 Å². The molecule has 2 rings (SSSR count). The largest absolute Gasteiger partial charge is 0.398 e. The van der Waals surface area contributed by atoms with Crippen LogP contribution in [0.4, 0.5) is 5.69 Å². The maximum Gasteiger partial charge on any atom is 0.0507 e. The van der Waals surface area contributed by atoms with Crippen LogP contribution in [0.3, 0.4) is 0 Å². The first-order valence-corrected chi connectivity index (χ1v) is 7.91. The second-order valence-corrected chi connectivity index (χ2v) is 6.37. The molecule has 20 heavy (non-hydrogen) atoms. The average molecular weight is 450 g/mol. The summed E-state index contributed by atoms with van der Waals surface area (Å²) in [5.41, 5.74) is 8.31. The maximum absolute atomic E-state index is 6.22. The van der Waals surface area contributed by atoms with E-state index in [1.807, 2.05) is 6.07 Å². The zero-order valence-corrected chi connectivity index (χ0v) is 16.2. The summed E-state index contributed by atoms with van der Waals surface area (Å²) in [4.78, 5) is 2.51. The molecule has 0 spiro atoms. The molecule has 1 aliphatic heterocycles. The molecule has 1 saturated heterocycles. The lowest BCUT2D eigenvalue weighted by Crippen LogP contribution is -2.45. The van der Waals surface area contributed by atoms with Gasteiger partial charge in [0.1, 0.15) is 0 Å². The number of nitrogen functional groups attached to an aromatic ring is 1. The highest BCUT2D eigenvalue weighted by molar-refractivity contribution is 9.11. The van der Waals surface area contributed by atoms with Crippen LogP contribution in [0.2, 0.25) is 0 Å².